The van der Waals surface area contributed by atoms with E-state index in [1.807, 2.05) is 49.4 Å². The lowest BCUT2D eigenvalue weighted by Gasteiger charge is -2.18. The Labute approximate surface area is 140 Å². The molecule has 3 aromatic carbocycles. The molecule has 0 aromatic heterocycles. The van der Waals surface area contributed by atoms with E-state index in [4.69, 9.17) is 4.74 Å². The molecule has 0 fully saturated rings. The number of hydrogen-bond acceptors (Lipinski definition) is 2. The van der Waals surface area contributed by atoms with Crippen LogP contribution in [0, 0.1) is 5.82 Å². The van der Waals surface area contributed by atoms with Crippen LogP contribution >= 0.6 is 0 Å². The largest absolute Gasteiger partial charge is 0.480 e. The van der Waals surface area contributed by atoms with Gasteiger partial charge in [-0.25, -0.2) is 4.39 Å². The number of halogens is 1. The number of ether oxygens (including phenoxy) is 1. The lowest BCUT2D eigenvalue weighted by atomic mass is 10.1. The molecule has 1 N–H and O–H groups in total. The van der Waals surface area contributed by atoms with Crippen molar-refractivity contribution in [2.45, 2.75) is 19.4 Å². The van der Waals surface area contributed by atoms with Gasteiger partial charge in [0, 0.05) is 11.1 Å². The molecule has 4 heteroatoms. The number of fused-ring (bicyclic) bond motifs is 1. The minimum absolute atomic E-state index is 0.253. The van der Waals surface area contributed by atoms with Crippen LogP contribution in [-0.2, 0) is 4.79 Å². The van der Waals surface area contributed by atoms with Crippen molar-refractivity contribution < 1.29 is 13.9 Å². The third-order valence-corrected chi connectivity index (χ3v) is 3.79. The lowest BCUT2D eigenvalue weighted by Crippen LogP contribution is -2.32. The third kappa shape index (κ3) is 3.54. The predicted molar refractivity (Wildman–Crippen MR) is 93.7 cm³/mol. The maximum atomic E-state index is 12.9. The Bertz CT molecular complexity index is 840. The first-order valence-corrected chi connectivity index (χ1v) is 7.88. The molecule has 0 aliphatic rings. The van der Waals surface area contributed by atoms with E-state index in [0.29, 0.717) is 17.9 Å². The zero-order valence-electron chi connectivity index (χ0n) is 13.3. The van der Waals surface area contributed by atoms with E-state index in [2.05, 4.69) is 5.32 Å². The number of nitrogens with one attached hydrogen (secondary N) is 1. The van der Waals surface area contributed by atoms with Gasteiger partial charge < -0.3 is 10.1 Å². The normalized spacial score (nSPS) is 11.9. The Morgan fingerprint density at radius 2 is 1.75 bits per heavy atom. The van der Waals surface area contributed by atoms with Crippen LogP contribution in [-0.4, -0.2) is 12.0 Å². The highest BCUT2D eigenvalue weighted by Gasteiger charge is 2.19. The van der Waals surface area contributed by atoms with Gasteiger partial charge in [0.05, 0.1) is 0 Å². The zero-order chi connectivity index (χ0) is 16.9. The zero-order valence-corrected chi connectivity index (χ0v) is 13.3. The monoisotopic (exact) mass is 323 g/mol. The van der Waals surface area contributed by atoms with Gasteiger partial charge in [0.15, 0.2) is 6.10 Å². The van der Waals surface area contributed by atoms with E-state index < -0.39 is 6.10 Å². The van der Waals surface area contributed by atoms with Crippen LogP contribution in [0.25, 0.3) is 10.8 Å². The van der Waals surface area contributed by atoms with E-state index >= 15 is 0 Å². The molecular weight excluding hydrogens is 305 g/mol. The van der Waals surface area contributed by atoms with Crippen molar-refractivity contribution in [3.63, 3.8) is 0 Å². The van der Waals surface area contributed by atoms with Crippen molar-refractivity contribution in [3.8, 4) is 5.75 Å². The first-order valence-electron chi connectivity index (χ1n) is 7.88. The Kier molecular flexibility index (Phi) is 4.75. The van der Waals surface area contributed by atoms with E-state index in [0.717, 1.165) is 10.8 Å². The number of hydrogen-bond donors (Lipinski definition) is 1. The molecule has 3 rings (SSSR count). The number of amides is 1. The summed E-state index contributed by atoms with van der Waals surface area (Å²) in [6, 6.07) is 19.3. The fourth-order valence-corrected chi connectivity index (χ4v) is 2.53. The predicted octanol–water partition coefficient (Wildman–Crippen LogP) is 4.78. The quantitative estimate of drug-likeness (QED) is 0.734. The summed E-state index contributed by atoms with van der Waals surface area (Å²) in [5, 5.41) is 4.78. The molecule has 3 nitrogen and oxygen atoms in total. The van der Waals surface area contributed by atoms with Gasteiger partial charge in [-0.3, -0.25) is 4.79 Å². The Morgan fingerprint density at radius 3 is 2.50 bits per heavy atom. The fourth-order valence-electron chi connectivity index (χ4n) is 2.53. The number of benzene rings is 3. The van der Waals surface area contributed by atoms with E-state index in [1.54, 1.807) is 0 Å². The molecule has 3 aromatic rings. The van der Waals surface area contributed by atoms with Crippen LogP contribution in [0.15, 0.2) is 66.7 Å². The number of anilines is 1. The molecule has 24 heavy (non-hydrogen) atoms. The van der Waals surface area contributed by atoms with Gasteiger partial charge in [-0.05, 0) is 42.1 Å². The van der Waals surface area contributed by atoms with Crippen molar-refractivity contribution in [1.82, 2.24) is 0 Å². The maximum absolute atomic E-state index is 12.9. The Hall–Kier alpha value is -2.88. The molecule has 1 atom stereocenters. The summed E-state index contributed by atoms with van der Waals surface area (Å²) in [5.74, 6) is 0.0818. The summed E-state index contributed by atoms with van der Waals surface area (Å²) < 4.78 is 18.9. The highest BCUT2D eigenvalue weighted by Crippen LogP contribution is 2.26. The smallest absolute Gasteiger partial charge is 0.265 e. The van der Waals surface area contributed by atoms with Crippen LogP contribution < -0.4 is 10.1 Å². The first-order chi connectivity index (χ1) is 11.7. The van der Waals surface area contributed by atoms with Gasteiger partial charge in [-0.15, -0.1) is 0 Å². The van der Waals surface area contributed by atoms with Crippen LogP contribution in [0.1, 0.15) is 13.3 Å². The molecule has 0 saturated carbocycles. The standard InChI is InChI=1S/C20H18FNO2/c1-2-18(20(23)22-16-12-10-15(21)11-13-16)24-19-9-5-7-14-6-3-4-8-17(14)19/h3-13,18H,2H2,1H3,(H,22,23)/t18-/m0/s1. The van der Waals surface area contributed by atoms with Crippen LogP contribution in [0.5, 0.6) is 5.75 Å². The lowest BCUT2D eigenvalue weighted by molar-refractivity contribution is -0.122. The van der Waals surface area contributed by atoms with Crippen molar-refractivity contribution in [2.24, 2.45) is 0 Å². The molecule has 0 aliphatic carbocycles. The van der Waals surface area contributed by atoms with E-state index in [1.165, 1.54) is 24.3 Å². The van der Waals surface area contributed by atoms with Gasteiger partial charge in [0.2, 0.25) is 0 Å². The van der Waals surface area contributed by atoms with Crippen molar-refractivity contribution in [1.29, 1.82) is 0 Å². The molecule has 0 spiro atoms. The third-order valence-electron chi connectivity index (χ3n) is 3.79. The van der Waals surface area contributed by atoms with Gasteiger partial charge >= 0.3 is 0 Å². The van der Waals surface area contributed by atoms with Gasteiger partial charge in [-0.1, -0.05) is 43.3 Å². The average Bonchev–Trinajstić information content (AvgIpc) is 2.61. The molecule has 0 aliphatic heterocycles. The van der Waals surface area contributed by atoms with E-state index in [-0.39, 0.29) is 11.7 Å². The van der Waals surface area contributed by atoms with Crippen molar-refractivity contribution in [3.05, 3.63) is 72.5 Å². The second kappa shape index (κ2) is 7.13. The average molecular weight is 323 g/mol. The van der Waals surface area contributed by atoms with Gasteiger partial charge in [-0.2, -0.15) is 0 Å². The molecule has 122 valence electrons. The topological polar surface area (TPSA) is 38.3 Å². The SMILES string of the molecule is CC[C@H](Oc1cccc2ccccc12)C(=O)Nc1ccc(F)cc1. The molecule has 1 amide bonds. The highest BCUT2D eigenvalue weighted by molar-refractivity contribution is 5.95. The summed E-state index contributed by atoms with van der Waals surface area (Å²) in [4.78, 5) is 12.4. The minimum atomic E-state index is -0.624. The fraction of sp³-hybridized carbons (Fsp3) is 0.150. The summed E-state index contributed by atoms with van der Waals surface area (Å²) in [7, 11) is 0. The van der Waals surface area contributed by atoms with E-state index in [9.17, 15) is 9.18 Å². The maximum Gasteiger partial charge on any atom is 0.265 e. The summed E-state index contributed by atoms with van der Waals surface area (Å²) >= 11 is 0. The van der Waals surface area contributed by atoms with Crippen molar-refractivity contribution >= 4 is 22.4 Å². The second-order valence-corrected chi connectivity index (χ2v) is 5.49. The second-order valence-electron chi connectivity index (χ2n) is 5.49. The first kappa shape index (κ1) is 16.0. The van der Waals surface area contributed by atoms with Gasteiger partial charge in [0.1, 0.15) is 11.6 Å². The summed E-state index contributed by atoms with van der Waals surface area (Å²) in [6.07, 6.45) is -0.100. The summed E-state index contributed by atoms with van der Waals surface area (Å²) in [5.41, 5.74) is 0.543. The molecular formula is C20H18FNO2. The minimum Gasteiger partial charge on any atom is -0.480 e. The molecule has 0 bridgehead atoms. The Balaban J connectivity index is 1.78. The van der Waals surface area contributed by atoms with Crippen LogP contribution in [0.2, 0.25) is 0 Å². The number of rotatable bonds is 5. The molecule has 0 unspecified atom stereocenters. The summed E-state index contributed by atoms with van der Waals surface area (Å²) in [6.45, 7) is 1.89. The molecule has 0 saturated heterocycles. The number of carbonyl (C=O) groups is 1. The highest BCUT2D eigenvalue weighted by atomic mass is 19.1. The van der Waals surface area contributed by atoms with Crippen LogP contribution in [0.3, 0.4) is 0 Å². The Morgan fingerprint density at radius 1 is 1.04 bits per heavy atom. The molecule has 0 radical (unpaired) electrons. The van der Waals surface area contributed by atoms with Crippen molar-refractivity contribution in [2.75, 3.05) is 5.32 Å². The number of carbonyl (C=O) groups excluding carboxylic acids is 1. The molecule has 0 heterocycles. The van der Waals surface area contributed by atoms with Gasteiger partial charge in [0.25, 0.3) is 5.91 Å². The van der Waals surface area contributed by atoms with Crippen LogP contribution in [0.4, 0.5) is 10.1 Å².